The molecule has 0 saturated heterocycles. The van der Waals surface area contributed by atoms with Crippen molar-refractivity contribution in [2.75, 3.05) is 0 Å². The maximum absolute atomic E-state index is 13.6. The molecule has 0 radical (unpaired) electrons. The topological polar surface area (TPSA) is 56.9 Å². The fraction of sp³-hybridized carbons (Fsp3) is 0.261. The van der Waals surface area contributed by atoms with E-state index in [9.17, 15) is 9.59 Å². The van der Waals surface area contributed by atoms with Crippen LogP contribution in [0.15, 0.2) is 64.2 Å². The van der Waals surface area contributed by atoms with Gasteiger partial charge in [-0.1, -0.05) is 44.2 Å². The third kappa shape index (κ3) is 2.66. The van der Waals surface area contributed by atoms with E-state index < -0.39 is 0 Å². The lowest BCUT2D eigenvalue weighted by Crippen LogP contribution is -2.30. The van der Waals surface area contributed by atoms with Gasteiger partial charge in [0.25, 0.3) is 5.56 Å². The van der Waals surface area contributed by atoms with Crippen molar-refractivity contribution in [2.24, 2.45) is 7.05 Å². The van der Waals surface area contributed by atoms with Crippen LogP contribution in [0.5, 0.6) is 0 Å². The normalized spacial score (nSPS) is 11.6. The molecule has 5 nitrogen and oxygen atoms in total. The Morgan fingerprint density at radius 3 is 2.25 bits per heavy atom. The molecule has 142 valence electrons. The van der Waals surface area contributed by atoms with E-state index >= 15 is 0 Å². The van der Waals surface area contributed by atoms with E-state index in [2.05, 4.69) is 13.8 Å². The standard InChI is InChI=1S/C23H23N3O2/c1-4-15(5-2)21-24-22-19(23(28)26(21)16-11-7-6-8-12-16)20(27)17-13-9-10-14-18(17)25(22)3/h6-15H,4-5H2,1-3H3. The summed E-state index contributed by atoms with van der Waals surface area (Å²) in [7, 11) is 1.86. The molecule has 0 amide bonds. The number of hydrogen-bond donors (Lipinski definition) is 0. The first kappa shape index (κ1) is 18.2. The zero-order valence-electron chi connectivity index (χ0n) is 16.3. The van der Waals surface area contributed by atoms with E-state index in [1.807, 2.05) is 60.1 Å². The SMILES string of the molecule is CCC(CC)c1nc2c(c(=O)c3ccccc3n2C)c(=O)n1-c1ccccc1. The Labute approximate surface area is 162 Å². The van der Waals surface area contributed by atoms with Crippen LogP contribution in [0.3, 0.4) is 0 Å². The molecular formula is C23H23N3O2. The fourth-order valence-electron chi connectivity index (χ4n) is 3.93. The Bertz CT molecular complexity index is 1280. The minimum Gasteiger partial charge on any atom is -0.328 e. The number of benzene rings is 2. The summed E-state index contributed by atoms with van der Waals surface area (Å²) in [5.41, 5.74) is 1.40. The molecule has 0 bridgehead atoms. The van der Waals surface area contributed by atoms with Crippen LogP contribution >= 0.6 is 0 Å². The highest BCUT2D eigenvalue weighted by Crippen LogP contribution is 2.25. The second-order valence-corrected chi connectivity index (χ2v) is 7.06. The molecule has 2 heterocycles. The van der Waals surface area contributed by atoms with Gasteiger partial charge in [0.2, 0.25) is 5.43 Å². The van der Waals surface area contributed by atoms with E-state index in [1.54, 1.807) is 10.6 Å². The number of hydrogen-bond acceptors (Lipinski definition) is 3. The molecule has 0 spiro atoms. The van der Waals surface area contributed by atoms with E-state index in [4.69, 9.17) is 4.98 Å². The maximum atomic E-state index is 13.6. The number of aryl methyl sites for hydroxylation is 1. The molecule has 4 rings (SSSR count). The summed E-state index contributed by atoms with van der Waals surface area (Å²) in [6.07, 6.45) is 1.73. The van der Waals surface area contributed by atoms with Crippen LogP contribution in [0.1, 0.15) is 38.4 Å². The number of rotatable bonds is 4. The van der Waals surface area contributed by atoms with Crippen molar-refractivity contribution in [3.05, 3.63) is 81.0 Å². The van der Waals surface area contributed by atoms with Crippen molar-refractivity contribution in [3.63, 3.8) is 0 Å². The van der Waals surface area contributed by atoms with Gasteiger partial charge in [-0.15, -0.1) is 0 Å². The Balaban J connectivity index is 2.24. The van der Waals surface area contributed by atoms with Gasteiger partial charge in [0.15, 0.2) is 5.65 Å². The molecule has 28 heavy (non-hydrogen) atoms. The fourth-order valence-corrected chi connectivity index (χ4v) is 3.93. The highest BCUT2D eigenvalue weighted by atomic mass is 16.1. The van der Waals surface area contributed by atoms with Crippen LogP contribution in [0.2, 0.25) is 0 Å². The third-order valence-corrected chi connectivity index (χ3v) is 5.51. The monoisotopic (exact) mass is 373 g/mol. The van der Waals surface area contributed by atoms with Gasteiger partial charge in [-0.25, -0.2) is 4.98 Å². The zero-order valence-corrected chi connectivity index (χ0v) is 16.3. The molecule has 2 aromatic heterocycles. The van der Waals surface area contributed by atoms with Crippen LogP contribution in [-0.2, 0) is 7.05 Å². The predicted molar refractivity (Wildman–Crippen MR) is 113 cm³/mol. The summed E-state index contributed by atoms with van der Waals surface area (Å²) in [4.78, 5) is 31.7. The molecule has 0 saturated carbocycles. The van der Waals surface area contributed by atoms with Crippen molar-refractivity contribution in [1.82, 2.24) is 14.1 Å². The average molecular weight is 373 g/mol. The van der Waals surface area contributed by atoms with Gasteiger partial charge in [-0.05, 0) is 37.1 Å². The maximum Gasteiger partial charge on any atom is 0.271 e. The molecule has 5 heteroatoms. The Morgan fingerprint density at radius 1 is 0.929 bits per heavy atom. The molecule has 4 aromatic rings. The summed E-state index contributed by atoms with van der Waals surface area (Å²) in [5, 5.41) is 0.672. The molecule has 2 aromatic carbocycles. The zero-order chi connectivity index (χ0) is 19.8. The molecule has 0 N–H and O–H groups in total. The van der Waals surface area contributed by atoms with Crippen LogP contribution in [0.4, 0.5) is 0 Å². The number of nitrogens with zero attached hydrogens (tertiary/aromatic N) is 3. The second kappa shape index (κ2) is 7.08. The Morgan fingerprint density at radius 2 is 1.57 bits per heavy atom. The van der Waals surface area contributed by atoms with E-state index in [0.29, 0.717) is 16.9 Å². The van der Waals surface area contributed by atoms with Crippen molar-refractivity contribution in [1.29, 1.82) is 0 Å². The quantitative estimate of drug-likeness (QED) is 0.505. The highest BCUT2D eigenvalue weighted by molar-refractivity contribution is 5.91. The van der Waals surface area contributed by atoms with Gasteiger partial charge in [0.1, 0.15) is 11.2 Å². The molecule has 0 aliphatic rings. The first-order valence-corrected chi connectivity index (χ1v) is 9.68. The average Bonchev–Trinajstić information content (AvgIpc) is 2.73. The summed E-state index contributed by atoms with van der Waals surface area (Å²) >= 11 is 0. The number of para-hydroxylation sites is 2. The van der Waals surface area contributed by atoms with Crippen LogP contribution in [0, 0.1) is 0 Å². The minimum absolute atomic E-state index is 0.124. The van der Waals surface area contributed by atoms with Gasteiger partial charge in [-0.2, -0.15) is 0 Å². The van der Waals surface area contributed by atoms with Crippen LogP contribution in [-0.4, -0.2) is 14.1 Å². The Kier molecular flexibility index (Phi) is 4.59. The van der Waals surface area contributed by atoms with Gasteiger partial charge < -0.3 is 4.57 Å². The van der Waals surface area contributed by atoms with Crippen molar-refractivity contribution >= 4 is 21.9 Å². The van der Waals surface area contributed by atoms with Gasteiger partial charge in [0.05, 0.1) is 11.2 Å². The highest BCUT2D eigenvalue weighted by Gasteiger charge is 2.22. The number of aromatic nitrogens is 3. The summed E-state index contributed by atoms with van der Waals surface area (Å²) in [5.74, 6) is 0.831. The smallest absolute Gasteiger partial charge is 0.271 e. The minimum atomic E-state index is -0.301. The molecule has 0 aliphatic carbocycles. The number of fused-ring (bicyclic) bond motifs is 2. The van der Waals surface area contributed by atoms with Crippen molar-refractivity contribution in [2.45, 2.75) is 32.6 Å². The molecular weight excluding hydrogens is 350 g/mol. The lowest BCUT2D eigenvalue weighted by atomic mass is 10.0. The Hall–Kier alpha value is -3.21. The summed E-state index contributed by atoms with van der Waals surface area (Å²) in [6, 6.07) is 16.8. The molecule has 0 unspecified atom stereocenters. The van der Waals surface area contributed by atoms with Crippen LogP contribution < -0.4 is 11.0 Å². The molecule has 0 aliphatic heterocycles. The summed E-state index contributed by atoms with van der Waals surface area (Å²) < 4.78 is 3.48. The predicted octanol–water partition coefficient (Wildman–Crippen LogP) is 4.14. The largest absolute Gasteiger partial charge is 0.328 e. The van der Waals surface area contributed by atoms with Gasteiger partial charge in [-0.3, -0.25) is 14.2 Å². The van der Waals surface area contributed by atoms with Gasteiger partial charge in [0, 0.05) is 18.4 Å². The molecule has 0 fully saturated rings. The van der Waals surface area contributed by atoms with E-state index in [-0.39, 0.29) is 22.3 Å². The van der Waals surface area contributed by atoms with E-state index in [0.717, 1.165) is 24.0 Å². The van der Waals surface area contributed by atoms with Crippen molar-refractivity contribution < 1.29 is 0 Å². The lowest BCUT2D eigenvalue weighted by Gasteiger charge is -2.20. The first-order chi connectivity index (χ1) is 13.6. The van der Waals surface area contributed by atoms with Crippen molar-refractivity contribution in [3.8, 4) is 5.69 Å². The van der Waals surface area contributed by atoms with Crippen LogP contribution in [0.25, 0.3) is 27.6 Å². The first-order valence-electron chi connectivity index (χ1n) is 9.68. The summed E-state index contributed by atoms with van der Waals surface area (Å²) in [6.45, 7) is 4.19. The third-order valence-electron chi connectivity index (χ3n) is 5.51. The second-order valence-electron chi connectivity index (χ2n) is 7.06. The molecule has 0 atom stereocenters. The number of pyridine rings is 1. The lowest BCUT2D eigenvalue weighted by molar-refractivity contribution is 0.580. The van der Waals surface area contributed by atoms with E-state index in [1.165, 1.54) is 0 Å². The van der Waals surface area contributed by atoms with Gasteiger partial charge >= 0.3 is 0 Å².